The van der Waals surface area contributed by atoms with Crippen molar-refractivity contribution in [2.24, 2.45) is 0 Å². The van der Waals surface area contributed by atoms with Crippen LogP contribution in [0.15, 0.2) is 36.9 Å². The SMILES string of the molecule is Cc1cccc(-c2ncc3c(n2)N(c2ncncc2C(=O)NC(CO)CO)CCO3)n1. The highest BCUT2D eigenvalue weighted by Gasteiger charge is 2.28. The molecular weight excluding hydrogens is 402 g/mol. The van der Waals surface area contributed by atoms with Crippen LogP contribution in [0.2, 0.25) is 0 Å². The Hall–Kier alpha value is -3.70. The summed E-state index contributed by atoms with van der Waals surface area (Å²) < 4.78 is 5.69. The molecule has 0 unspecified atom stereocenters. The van der Waals surface area contributed by atoms with E-state index in [2.05, 4.69) is 30.2 Å². The van der Waals surface area contributed by atoms with Gasteiger partial charge in [-0.05, 0) is 19.1 Å². The van der Waals surface area contributed by atoms with Crippen molar-refractivity contribution in [3.05, 3.63) is 48.2 Å². The second-order valence-corrected chi connectivity index (χ2v) is 6.84. The lowest BCUT2D eigenvalue weighted by molar-refractivity contribution is 0.0879. The van der Waals surface area contributed by atoms with Gasteiger partial charge in [-0.25, -0.2) is 24.9 Å². The van der Waals surface area contributed by atoms with Crippen LogP contribution in [0.5, 0.6) is 5.75 Å². The molecule has 11 heteroatoms. The minimum atomic E-state index is -0.793. The number of carbonyl (C=O) groups is 1. The molecule has 0 saturated heterocycles. The van der Waals surface area contributed by atoms with E-state index in [9.17, 15) is 15.0 Å². The van der Waals surface area contributed by atoms with Crippen LogP contribution in [-0.4, -0.2) is 73.4 Å². The normalized spacial score (nSPS) is 13.0. The zero-order valence-electron chi connectivity index (χ0n) is 16.8. The third-order valence-corrected chi connectivity index (χ3v) is 4.65. The summed E-state index contributed by atoms with van der Waals surface area (Å²) in [6.07, 6.45) is 4.28. The molecular formula is C20H21N7O4. The second-order valence-electron chi connectivity index (χ2n) is 6.84. The number of hydrogen-bond donors (Lipinski definition) is 3. The Labute approximate surface area is 177 Å². The van der Waals surface area contributed by atoms with Gasteiger partial charge in [0.15, 0.2) is 23.2 Å². The van der Waals surface area contributed by atoms with Gasteiger partial charge in [0.2, 0.25) is 0 Å². The molecule has 0 aliphatic carbocycles. The number of carbonyl (C=O) groups excluding carboxylic acids is 1. The van der Waals surface area contributed by atoms with Crippen LogP contribution in [0, 0.1) is 6.92 Å². The number of nitrogens with one attached hydrogen (secondary N) is 1. The zero-order valence-corrected chi connectivity index (χ0v) is 16.8. The van der Waals surface area contributed by atoms with Crippen molar-refractivity contribution in [3.8, 4) is 17.3 Å². The van der Waals surface area contributed by atoms with Crippen LogP contribution in [-0.2, 0) is 0 Å². The molecule has 3 aromatic rings. The lowest BCUT2D eigenvalue weighted by Crippen LogP contribution is -2.41. The molecule has 3 N–H and O–H groups in total. The Morgan fingerprint density at radius 3 is 2.81 bits per heavy atom. The first-order valence-corrected chi connectivity index (χ1v) is 9.64. The summed E-state index contributed by atoms with van der Waals surface area (Å²) in [5, 5.41) is 21.1. The summed E-state index contributed by atoms with van der Waals surface area (Å²) in [7, 11) is 0. The number of fused-ring (bicyclic) bond motifs is 1. The third kappa shape index (κ3) is 4.27. The maximum atomic E-state index is 12.8. The van der Waals surface area contributed by atoms with Gasteiger partial charge in [-0.15, -0.1) is 0 Å². The fourth-order valence-electron chi connectivity index (χ4n) is 3.12. The Bertz CT molecular complexity index is 1090. The fourth-order valence-corrected chi connectivity index (χ4v) is 3.12. The second kappa shape index (κ2) is 8.98. The van der Waals surface area contributed by atoms with E-state index in [-0.39, 0.29) is 5.56 Å². The van der Waals surface area contributed by atoms with Crippen LogP contribution in [0.3, 0.4) is 0 Å². The first-order valence-electron chi connectivity index (χ1n) is 9.64. The van der Waals surface area contributed by atoms with Crippen LogP contribution in [0.25, 0.3) is 11.5 Å². The summed E-state index contributed by atoms with van der Waals surface area (Å²) in [6.45, 7) is 1.83. The number of aryl methyl sites for hydroxylation is 1. The minimum absolute atomic E-state index is 0.177. The van der Waals surface area contributed by atoms with Gasteiger partial charge in [0.05, 0.1) is 32.0 Å². The first kappa shape index (κ1) is 20.6. The van der Waals surface area contributed by atoms with E-state index < -0.39 is 25.2 Å². The summed E-state index contributed by atoms with van der Waals surface area (Å²) in [5.41, 5.74) is 1.63. The number of aliphatic hydroxyl groups is 2. The number of aliphatic hydroxyl groups excluding tert-OH is 2. The van der Waals surface area contributed by atoms with Crippen LogP contribution in [0.1, 0.15) is 16.1 Å². The zero-order chi connectivity index (χ0) is 21.8. The molecule has 1 aliphatic rings. The number of hydrogen-bond acceptors (Lipinski definition) is 10. The number of anilines is 2. The van der Waals surface area contributed by atoms with Gasteiger partial charge < -0.3 is 25.2 Å². The average Bonchev–Trinajstić information content (AvgIpc) is 2.81. The molecule has 1 aliphatic heterocycles. The van der Waals surface area contributed by atoms with Crippen molar-refractivity contribution < 1.29 is 19.7 Å². The van der Waals surface area contributed by atoms with E-state index >= 15 is 0 Å². The Kier molecular flexibility index (Phi) is 5.96. The molecule has 0 atom stereocenters. The molecule has 4 heterocycles. The van der Waals surface area contributed by atoms with Gasteiger partial charge in [-0.3, -0.25) is 4.79 Å². The standard InChI is InChI=1S/C20H21N7O4/c1-12-3-2-4-15(24-12)17-22-8-16-19(26-17)27(5-6-31-16)18-14(7-21-11-23-18)20(30)25-13(9-28)10-29/h2-4,7-8,11,13,28-29H,5-6,9-10H2,1H3,(H,25,30). The Morgan fingerprint density at radius 2 is 2.03 bits per heavy atom. The van der Waals surface area contributed by atoms with E-state index in [1.54, 1.807) is 11.1 Å². The maximum Gasteiger partial charge on any atom is 0.257 e. The van der Waals surface area contributed by atoms with Crippen LogP contribution < -0.4 is 15.0 Å². The van der Waals surface area contributed by atoms with Gasteiger partial charge in [0.25, 0.3) is 5.91 Å². The number of amides is 1. The quantitative estimate of drug-likeness (QED) is 0.504. The van der Waals surface area contributed by atoms with Crippen LogP contribution >= 0.6 is 0 Å². The van der Waals surface area contributed by atoms with Crippen molar-refractivity contribution in [3.63, 3.8) is 0 Å². The molecule has 0 radical (unpaired) electrons. The molecule has 1 amide bonds. The van der Waals surface area contributed by atoms with Crippen molar-refractivity contribution in [1.82, 2.24) is 30.2 Å². The summed E-state index contributed by atoms with van der Waals surface area (Å²) >= 11 is 0. The third-order valence-electron chi connectivity index (χ3n) is 4.65. The molecule has 4 rings (SSSR count). The Balaban J connectivity index is 1.73. The van der Waals surface area contributed by atoms with E-state index in [0.29, 0.717) is 42.1 Å². The number of rotatable bonds is 6. The van der Waals surface area contributed by atoms with E-state index in [0.717, 1.165) is 5.69 Å². The predicted octanol–water partition coefficient (Wildman–Crippen LogP) is 0.251. The number of nitrogens with zero attached hydrogens (tertiary/aromatic N) is 6. The molecule has 11 nitrogen and oxygen atoms in total. The largest absolute Gasteiger partial charge is 0.486 e. The highest BCUT2D eigenvalue weighted by Crippen LogP contribution is 2.35. The van der Waals surface area contributed by atoms with E-state index in [4.69, 9.17) is 4.74 Å². The Morgan fingerprint density at radius 1 is 1.19 bits per heavy atom. The fraction of sp³-hybridized carbons (Fsp3) is 0.300. The molecule has 0 fully saturated rings. The lowest BCUT2D eigenvalue weighted by Gasteiger charge is -2.30. The minimum Gasteiger partial charge on any atom is -0.486 e. The molecule has 160 valence electrons. The van der Waals surface area contributed by atoms with E-state index in [1.165, 1.54) is 12.5 Å². The molecule has 0 saturated carbocycles. The first-order chi connectivity index (χ1) is 15.1. The molecule has 0 aromatic carbocycles. The lowest BCUT2D eigenvalue weighted by atomic mass is 10.2. The average molecular weight is 423 g/mol. The number of ether oxygens (including phenoxy) is 1. The van der Waals surface area contributed by atoms with Gasteiger partial charge >= 0.3 is 0 Å². The summed E-state index contributed by atoms with van der Waals surface area (Å²) in [6, 6.07) is 4.78. The highest BCUT2D eigenvalue weighted by atomic mass is 16.5. The van der Waals surface area contributed by atoms with Crippen LogP contribution in [0.4, 0.5) is 11.6 Å². The topological polar surface area (TPSA) is 146 Å². The molecule has 31 heavy (non-hydrogen) atoms. The highest BCUT2D eigenvalue weighted by molar-refractivity contribution is 5.99. The maximum absolute atomic E-state index is 12.8. The summed E-state index contributed by atoms with van der Waals surface area (Å²) in [4.78, 5) is 36.2. The molecule has 3 aromatic heterocycles. The smallest absolute Gasteiger partial charge is 0.257 e. The number of aromatic nitrogens is 5. The summed E-state index contributed by atoms with van der Waals surface area (Å²) in [5.74, 6) is 1.13. The van der Waals surface area contributed by atoms with Gasteiger partial charge in [-0.1, -0.05) is 6.07 Å². The van der Waals surface area contributed by atoms with Crippen molar-refractivity contribution in [2.45, 2.75) is 13.0 Å². The molecule has 0 spiro atoms. The van der Waals surface area contributed by atoms with E-state index in [1.807, 2.05) is 25.1 Å². The predicted molar refractivity (Wildman–Crippen MR) is 110 cm³/mol. The van der Waals surface area contributed by atoms with Gasteiger partial charge in [0, 0.05) is 11.9 Å². The number of pyridine rings is 1. The van der Waals surface area contributed by atoms with Gasteiger partial charge in [0.1, 0.15) is 24.2 Å². The van der Waals surface area contributed by atoms with Crippen molar-refractivity contribution in [2.75, 3.05) is 31.3 Å². The van der Waals surface area contributed by atoms with Crippen molar-refractivity contribution >= 4 is 17.5 Å². The monoisotopic (exact) mass is 423 g/mol. The molecule has 0 bridgehead atoms. The van der Waals surface area contributed by atoms with Gasteiger partial charge in [-0.2, -0.15) is 0 Å². The van der Waals surface area contributed by atoms with Crippen molar-refractivity contribution in [1.29, 1.82) is 0 Å².